The Morgan fingerprint density at radius 2 is 1.51 bits per heavy atom. The molecule has 200 valence electrons. The van der Waals surface area contributed by atoms with Crippen molar-refractivity contribution in [3.05, 3.63) is 77.0 Å². The SMILES string of the molecule is CCc1ccc2c(CC(C)(C)C)c3c(c(C)c2c1)-c1c2c(cc4c(CC(C)(C)C)cccc4c2cc[n+]1C)O3. The molecule has 1 aliphatic heterocycles. The number of nitrogens with zero attached hydrogens (tertiary/aromatic N) is 1. The zero-order valence-corrected chi connectivity index (χ0v) is 25.2. The van der Waals surface area contributed by atoms with Crippen LogP contribution in [-0.4, -0.2) is 0 Å². The summed E-state index contributed by atoms with van der Waals surface area (Å²) in [5, 5.41) is 7.79. The highest BCUT2D eigenvalue weighted by molar-refractivity contribution is 6.16. The summed E-state index contributed by atoms with van der Waals surface area (Å²) in [6, 6.07) is 18.4. The number of rotatable bonds is 3. The van der Waals surface area contributed by atoms with Crippen molar-refractivity contribution in [2.75, 3.05) is 0 Å². The minimum absolute atomic E-state index is 0.125. The molecular weight excluding hydrogens is 474 g/mol. The lowest BCUT2D eigenvalue weighted by Gasteiger charge is -2.29. The van der Waals surface area contributed by atoms with Crippen LogP contribution in [0.3, 0.4) is 0 Å². The third-order valence-electron chi connectivity index (χ3n) is 8.31. The van der Waals surface area contributed by atoms with Crippen LogP contribution in [0.25, 0.3) is 43.6 Å². The van der Waals surface area contributed by atoms with Crippen molar-refractivity contribution in [2.24, 2.45) is 17.9 Å². The molecule has 0 spiro atoms. The number of hydrogen-bond donors (Lipinski definition) is 0. The summed E-state index contributed by atoms with van der Waals surface area (Å²) in [6.45, 7) is 18.5. The maximum atomic E-state index is 7.11. The molecule has 39 heavy (non-hydrogen) atoms. The monoisotopic (exact) mass is 516 g/mol. The van der Waals surface area contributed by atoms with Crippen molar-refractivity contribution in [1.29, 1.82) is 0 Å². The van der Waals surface area contributed by atoms with Crippen LogP contribution in [0.5, 0.6) is 11.5 Å². The van der Waals surface area contributed by atoms with E-state index in [1.54, 1.807) is 0 Å². The summed E-state index contributed by atoms with van der Waals surface area (Å²) < 4.78 is 9.41. The first-order valence-corrected chi connectivity index (χ1v) is 14.5. The van der Waals surface area contributed by atoms with Gasteiger partial charge in [0.05, 0.1) is 10.9 Å². The molecule has 0 saturated carbocycles. The molecule has 0 atom stereocenters. The van der Waals surface area contributed by atoms with Crippen LogP contribution in [0.1, 0.15) is 70.7 Å². The number of benzene rings is 4. The summed E-state index contributed by atoms with van der Waals surface area (Å²) in [7, 11) is 2.18. The van der Waals surface area contributed by atoms with E-state index in [0.717, 1.165) is 30.8 Å². The van der Waals surface area contributed by atoms with E-state index in [-0.39, 0.29) is 10.8 Å². The third-order valence-corrected chi connectivity index (χ3v) is 8.31. The molecule has 0 N–H and O–H groups in total. The molecule has 1 aliphatic rings. The summed E-state index contributed by atoms with van der Waals surface area (Å²) >= 11 is 0. The fourth-order valence-corrected chi connectivity index (χ4v) is 6.63. The Morgan fingerprint density at radius 1 is 0.769 bits per heavy atom. The lowest BCUT2D eigenvalue weighted by atomic mass is 9.81. The highest BCUT2D eigenvalue weighted by Gasteiger charge is 2.34. The molecule has 0 fully saturated rings. The van der Waals surface area contributed by atoms with Crippen LogP contribution in [-0.2, 0) is 26.3 Å². The molecule has 0 amide bonds. The number of aryl methyl sites for hydroxylation is 3. The maximum Gasteiger partial charge on any atom is 0.228 e. The lowest BCUT2D eigenvalue weighted by Crippen LogP contribution is -2.32. The zero-order chi connectivity index (χ0) is 27.9. The van der Waals surface area contributed by atoms with Crippen molar-refractivity contribution < 1.29 is 9.30 Å². The van der Waals surface area contributed by atoms with Gasteiger partial charge in [0.25, 0.3) is 0 Å². The average Bonchev–Trinajstić information content (AvgIpc) is 2.86. The van der Waals surface area contributed by atoms with Crippen LogP contribution in [0.2, 0.25) is 0 Å². The number of aromatic nitrogens is 1. The maximum absolute atomic E-state index is 7.11. The van der Waals surface area contributed by atoms with Crippen molar-refractivity contribution >= 4 is 32.3 Å². The van der Waals surface area contributed by atoms with Gasteiger partial charge in [0.1, 0.15) is 18.5 Å². The van der Waals surface area contributed by atoms with Crippen LogP contribution in [0, 0.1) is 17.8 Å². The van der Waals surface area contributed by atoms with Crippen molar-refractivity contribution in [3.8, 4) is 22.8 Å². The molecule has 5 aromatic rings. The van der Waals surface area contributed by atoms with Gasteiger partial charge in [-0.3, -0.25) is 0 Å². The molecule has 2 heterocycles. The van der Waals surface area contributed by atoms with Crippen LogP contribution in [0.4, 0.5) is 0 Å². The second-order valence-electron chi connectivity index (χ2n) is 14.1. The molecule has 0 unspecified atom stereocenters. The molecule has 4 aromatic carbocycles. The average molecular weight is 517 g/mol. The smallest absolute Gasteiger partial charge is 0.228 e. The Balaban J connectivity index is 1.76. The van der Waals surface area contributed by atoms with Gasteiger partial charge in [-0.25, -0.2) is 4.57 Å². The second-order valence-corrected chi connectivity index (χ2v) is 14.1. The quantitative estimate of drug-likeness (QED) is 0.168. The zero-order valence-electron chi connectivity index (χ0n) is 25.2. The molecule has 2 heteroatoms. The van der Waals surface area contributed by atoms with Crippen LogP contribution >= 0.6 is 0 Å². The summed E-state index contributed by atoms with van der Waals surface area (Å²) in [5.74, 6) is 2.03. The van der Waals surface area contributed by atoms with Gasteiger partial charge in [-0.15, -0.1) is 0 Å². The van der Waals surface area contributed by atoms with Crippen molar-refractivity contribution in [1.82, 2.24) is 0 Å². The molecular formula is C37H42NO+. The summed E-state index contributed by atoms with van der Waals surface area (Å²) in [4.78, 5) is 0. The van der Waals surface area contributed by atoms with Gasteiger partial charge in [0.2, 0.25) is 5.69 Å². The molecule has 2 nitrogen and oxygen atoms in total. The molecule has 0 bridgehead atoms. The Morgan fingerprint density at radius 3 is 2.21 bits per heavy atom. The van der Waals surface area contributed by atoms with Gasteiger partial charge < -0.3 is 4.74 Å². The number of pyridine rings is 1. The molecule has 0 radical (unpaired) electrons. The summed E-state index contributed by atoms with van der Waals surface area (Å²) in [6.07, 6.45) is 5.25. The molecule has 1 aromatic heterocycles. The third kappa shape index (κ3) is 4.29. The topological polar surface area (TPSA) is 13.1 Å². The number of hydrogen-bond acceptors (Lipinski definition) is 1. The minimum Gasteiger partial charge on any atom is -0.455 e. The van der Waals surface area contributed by atoms with Crippen LogP contribution < -0.4 is 9.30 Å². The van der Waals surface area contributed by atoms with E-state index in [9.17, 15) is 0 Å². The van der Waals surface area contributed by atoms with Crippen LogP contribution in [0.15, 0.2) is 54.7 Å². The van der Waals surface area contributed by atoms with E-state index in [1.807, 2.05) is 0 Å². The van der Waals surface area contributed by atoms with Gasteiger partial charge in [0, 0.05) is 17.0 Å². The van der Waals surface area contributed by atoms with E-state index in [4.69, 9.17) is 4.74 Å². The summed E-state index contributed by atoms with van der Waals surface area (Å²) in [5.41, 5.74) is 8.25. The molecule has 6 rings (SSSR count). The van der Waals surface area contributed by atoms with Gasteiger partial charge in [-0.05, 0) is 81.3 Å². The van der Waals surface area contributed by atoms with Gasteiger partial charge in [-0.2, -0.15) is 0 Å². The van der Waals surface area contributed by atoms with Gasteiger partial charge >= 0.3 is 0 Å². The molecule has 0 saturated heterocycles. The number of ether oxygens (including phenoxy) is 1. The fraction of sp³-hybridized carbons (Fsp3) is 0.378. The Hall–Kier alpha value is -3.39. The van der Waals surface area contributed by atoms with E-state index in [2.05, 4.69) is 122 Å². The number of fused-ring (bicyclic) bond motifs is 5. The Kier molecular flexibility index (Phi) is 5.84. The second kappa shape index (κ2) is 8.81. The highest BCUT2D eigenvalue weighted by atomic mass is 16.5. The first-order valence-electron chi connectivity index (χ1n) is 14.5. The van der Waals surface area contributed by atoms with E-state index in [1.165, 1.54) is 65.8 Å². The minimum atomic E-state index is 0.125. The highest BCUT2D eigenvalue weighted by Crippen LogP contribution is 2.53. The van der Waals surface area contributed by atoms with Crippen molar-refractivity contribution in [2.45, 2.75) is 74.7 Å². The largest absolute Gasteiger partial charge is 0.455 e. The van der Waals surface area contributed by atoms with E-state index < -0.39 is 0 Å². The predicted molar refractivity (Wildman–Crippen MR) is 166 cm³/mol. The van der Waals surface area contributed by atoms with Gasteiger partial charge in [0.15, 0.2) is 6.20 Å². The predicted octanol–water partition coefficient (Wildman–Crippen LogP) is 9.79. The first kappa shape index (κ1) is 25.9. The first-order chi connectivity index (χ1) is 18.4. The van der Waals surface area contributed by atoms with E-state index in [0.29, 0.717) is 0 Å². The van der Waals surface area contributed by atoms with Gasteiger partial charge in [-0.1, -0.05) is 84.9 Å². The lowest BCUT2D eigenvalue weighted by molar-refractivity contribution is -0.659. The fourth-order valence-electron chi connectivity index (χ4n) is 6.63. The van der Waals surface area contributed by atoms with E-state index >= 15 is 0 Å². The normalized spacial score (nSPS) is 13.3. The Bertz CT molecular complexity index is 1790. The Labute approximate surface area is 233 Å². The standard InChI is InChI=1S/C37H42NO/c1-10-23-14-15-26-28(18-23)22(2)32-34-33-27(16-17-38(34)9)25-13-11-12-24(20-36(3,4)5)29(25)19-31(33)39-35(32)30(26)21-37(6,7)8/h11-19H,10,20-21H2,1-9H3/q+1. The van der Waals surface area contributed by atoms with Crippen molar-refractivity contribution in [3.63, 3.8) is 0 Å². The molecule has 0 aliphatic carbocycles.